The van der Waals surface area contributed by atoms with Crippen LogP contribution in [0.25, 0.3) is 0 Å². The Labute approximate surface area is 114 Å². The van der Waals surface area contributed by atoms with Crippen LogP contribution in [-0.4, -0.2) is 31.2 Å². The molecule has 108 valence electrons. The van der Waals surface area contributed by atoms with Crippen molar-refractivity contribution in [3.8, 4) is 0 Å². The van der Waals surface area contributed by atoms with Crippen molar-refractivity contribution < 1.29 is 8.42 Å². The number of H-pyrrole nitrogens is 1. The van der Waals surface area contributed by atoms with E-state index in [9.17, 15) is 8.42 Å². The number of hydrogen-bond acceptors (Lipinski definition) is 4. The molecule has 0 aliphatic heterocycles. The molecule has 0 atom stereocenters. The Morgan fingerprint density at radius 3 is 2.84 bits per heavy atom. The van der Waals surface area contributed by atoms with Gasteiger partial charge in [0.1, 0.15) is 0 Å². The lowest BCUT2D eigenvalue weighted by atomic mass is 10.1. The SMILES string of the molecule is CC(C)CCNS(=O)(=O)c1[nH]ncc1CNC1CC1. The second-order valence-corrected chi connectivity index (χ2v) is 7.16. The van der Waals surface area contributed by atoms with Crippen molar-refractivity contribution in [2.75, 3.05) is 6.54 Å². The zero-order valence-electron chi connectivity index (χ0n) is 11.4. The molecule has 0 radical (unpaired) electrons. The highest BCUT2D eigenvalue weighted by Gasteiger charge is 2.24. The first-order valence-corrected chi connectivity index (χ1v) is 8.22. The number of nitrogens with one attached hydrogen (secondary N) is 3. The molecule has 6 nitrogen and oxygen atoms in total. The van der Waals surface area contributed by atoms with Gasteiger partial charge >= 0.3 is 0 Å². The van der Waals surface area contributed by atoms with Gasteiger partial charge in [0.25, 0.3) is 10.0 Å². The molecule has 1 aliphatic rings. The molecule has 1 aromatic heterocycles. The molecule has 0 spiro atoms. The van der Waals surface area contributed by atoms with Gasteiger partial charge in [-0.25, -0.2) is 13.1 Å². The third-order valence-corrected chi connectivity index (χ3v) is 4.59. The molecular weight excluding hydrogens is 264 g/mol. The summed E-state index contributed by atoms with van der Waals surface area (Å²) in [4.78, 5) is 0. The minimum absolute atomic E-state index is 0.185. The number of hydrogen-bond donors (Lipinski definition) is 3. The Morgan fingerprint density at radius 2 is 2.21 bits per heavy atom. The number of aromatic nitrogens is 2. The maximum absolute atomic E-state index is 12.1. The van der Waals surface area contributed by atoms with Gasteiger partial charge in [-0.1, -0.05) is 13.8 Å². The van der Waals surface area contributed by atoms with Gasteiger partial charge in [-0.05, 0) is 25.2 Å². The smallest absolute Gasteiger partial charge is 0.257 e. The highest BCUT2D eigenvalue weighted by Crippen LogP contribution is 2.20. The maximum atomic E-state index is 12.1. The van der Waals surface area contributed by atoms with Gasteiger partial charge in [-0.15, -0.1) is 0 Å². The first-order valence-electron chi connectivity index (χ1n) is 6.74. The van der Waals surface area contributed by atoms with Crippen molar-refractivity contribution in [3.05, 3.63) is 11.8 Å². The summed E-state index contributed by atoms with van der Waals surface area (Å²) < 4.78 is 26.9. The largest absolute Gasteiger partial charge is 0.310 e. The van der Waals surface area contributed by atoms with E-state index in [-0.39, 0.29) is 5.03 Å². The Balaban J connectivity index is 1.96. The van der Waals surface area contributed by atoms with Gasteiger partial charge in [0.2, 0.25) is 0 Å². The lowest BCUT2D eigenvalue weighted by Gasteiger charge is -2.08. The predicted molar refractivity (Wildman–Crippen MR) is 73.1 cm³/mol. The van der Waals surface area contributed by atoms with Crippen molar-refractivity contribution in [3.63, 3.8) is 0 Å². The van der Waals surface area contributed by atoms with Gasteiger partial charge < -0.3 is 5.32 Å². The summed E-state index contributed by atoms with van der Waals surface area (Å²) in [5, 5.41) is 9.91. The van der Waals surface area contributed by atoms with Crippen LogP contribution < -0.4 is 10.0 Å². The van der Waals surface area contributed by atoms with Crippen LogP contribution in [0.1, 0.15) is 38.7 Å². The van der Waals surface area contributed by atoms with Gasteiger partial charge in [0, 0.05) is 24.7 Å². The van der Waals surface area contributed by atoms with Crippen LogP contribution in [0.4, 0.5) is 0 Å². The molecule has 1 fully saturated rings. The van der Waals surface area contributed by atoms with Crippen molar-refractivity contribution in [1.82, 2.24) is 20.2 Å². The van der Waals surface area contributed by atoms with Crippen molar-refractivity contribution in [1.29, 1.82) is 0 Å². The third-order valence-electron chi connectivity index (χ3n) is 3.12. The average Bonchev–Trinajstić information content (AvgIpc) is 3.02. The minimum Gasteiger partial charge on any atom is -0.310 e. The van der Waals surface area contributed by atoms with Gasteiger partial charge in [0.05, 0.1) is 6.20 Å². The van der Waals surface area contributed by atoms with Crippen LogP contribution in [0.5, 0.6) is 0 Å². The van der Waals surface area contributed by atoms with Crippen LogP contribution in [0, 0.1) is 5.92 Å². The second kappa shape index (κ2) is 6.02. The molecule has 2 rings (SSSR count). The molecule has 0 aromatic carbocycles. The van der Waals surface area contributed by atoms with E-state index in [1.165, 1.54) is 12.8 Å². The fraction of sp³-hybridized carbons (Fsp3) is 0.750. The maximum Gasteiger partial charge on any atom is 0.257 e. The molecule has 0 bridgehead atoms. The second-order valence-electron chi connectivity index (χ2n) is 5.46. The third kappa shape index (κ3) is 4.29. The minimum atomic E-state index is -3.48. The molecule has 1 aliphatic carbocycles. The van der Waals surface area contributed by atoms with Crippen LogP contribution in [0.15, 0.2) is 11.2 Å². The van der Waals surface area contributed by atoms with Crippen molar-refractivity contribution in [2.45, 2.75) is 50.7 Å². The number of aromatic amines is 1. The summed E-state index contributed by atoms with van der Waals surface area (Å²) in [6.07, 6.45) is 4.74. The van der Waals surface area contributed by atoms with Gasteiger partial charge in [0.15, 0.2) is 5.03 Å². The van der Waals surface area contributed by atoms with E-state index in [0.717, 1.165) is 6.42 Å². The van der Waals surface area contributed by atoms with Crippen LogP contribution in [0.2, 0.25) is 0 Å². The molecule has 0 unspecified atom stereocenters. The molecule has 3 N–H and O–H groups in total. The summed E-state index contributed by atoms with van der Waals surface area (Å²) in [7, 11) is -3.48. The first-order chi connectivity index (χ1) is 8.99. The molecule has 1 aromatic rings. The fourth-order valence-electron chi connectivity index (χ4n) is 1.75. The topological polar surface area (TPSA) is 86.9 Å². The normalized spacial score (nSPS) is 16.2. The summed E-state index contributed by atoms with van der Waals surface area (Å²) in [5.74, 6) is 0.473. The Hall–Kier alpha value is -0.920. The number of nitrogens with zero attached hydrogens (tertiary/aromatic N) is 1. The standard InChI is InChI=1S/C12H22N4O2S/c1-9(2)5-6-15-19(17,18)12-10(8-14-16-12)7-13-11-3-4-11/h8-9,11,13,15H,3-7H2,1-2H3,(H,14,16). The summed E-state index contributed by atoms with van der Waals surface area (Å²) in [6.45, 7) is 5.13. The highest BCUT2D eigenvalue weighted by molar-refractivity contribution is 7.89. The first kappa shape index (κ1) is 14.5. The molecule has 1 saturated carbocycles. The van der Waals surface area contributed by atoms with E-state index in [1.807, 2.05) is 0 Å². The Kier molecular flexibility index (Phi) is 4.59. The molecule has 1 heterocycles. The quantitative estimate of drug-likeness (QED) is 0.665. The van der Waals surface area contributed by atoms with E-state index < -0.39 is 10.0 Å². The molecule has 0 saturated heterocycles. The van der Waals surface area contributed by atoms with Gasteiger partial charge in [-0.2, -0.15) is 5.10 Å². The van der Waals surface area contributed by atoms with Crippen LogP contribution in [-0.2, 0) is 16.6 Å². The average molecular weight is 286 g/mol. The van der Waals surface area contributed by atoms with E-state index in [0.29, 0.717) is 30.6 Å². The number of rotatable bonds is 8. The van der Waals surface area contributed by atoms with E-state index in [2.05, 4.69) is 34.1 Å². The summed E-state index contributed by atoms with van der Waals surface area (Å²) >= 11 is 0. The summed E-state index contributed by atoms with van der Waals surface area (Å²) in [6, 6.07) is 0.541. The zero-order valence-corrected chi connectivity index (χ0v) is 12.3. The van der Waals surface area contributed by atoms with E-state index in [4.69, 9.17) is 0 Å². The Morgan fingerprint density at radius 1 is 1.47 bits per heavy atom. The molecular formula is C12H22N4O2S. The molecule has 19 heavy (non-hydrogen) atoms. The summed E-state index contributed by atoms with van der Waals surface area (Å²) in [5.41, 5.74) is 0.698. The molecule has 7 heteroatoms. The van der Waals surface area contributed by atoms with Gasteiger partial charge in [-0.3, -0.25) is 5.10 Å². The van der Waals surface area contributed by atoms with Crippen LogP contribution >= 0.6 is 0 Å². The molecule has 0 amide bonds. The monoisotopic (exact) mass is 286 g/mol. The van der Waals surface area contributed by atoms with E-state index in [1.54, 1.807) is 6.20 Å². The van der Waals surface area contributed by atoms with E-state index >= 15 is 0 Å². The fourth-order valence-corrected chi connectivity index (χ4v) is 2.93. The highest BCUT2D eigenvalue weighted by atomic mass is 32.2. The predicted octanol–water partition coefficient (Wildman–Crippen LogP) is 0.986. The Bertz CT molecular complexity index is 506. The lowest BCUT2D eigenvalue weighted by molar-refractivity contribution is 0.547. The zero-order chi connectivity index (χ0) is 13.9. The number of sulfonamides is 1. The van der Waals surface area contributed by atoms with Crippen molar-refractivity contribution in [2.24, 2.45) is 5.92 Å². The lowest BCUT2D eigenvalue weighted by Crippen LogP contribution is -2.27. The van der Waals surface area contributed by atoms with Crippen LogP contribution in [0.3, 0.4) is 0 Å². The van der Waals surface area contributed by atoms with Crippen molar-refractivity contribution >= 4 is 10.0 Å².